The molecule has 1 N–H and O–H groups in total. The zero-order chi connectivity index (χ0) is 21.3. The average molecular weight is 410 g/mol. The fraction of sp³-hybridized carbons (Fsp3) is 0.182. The van der Waals surface area contributed by atoms with E-state index in [2.05, 4.69) is 15.3 Å². The van der Waals surface area contributed by atoms with Crippen molar-refractivity contribution in [2.75, 3.05) is 6.54 Å². The standard InChI is InChI=1S/C22H20F2N4O2/c23-18-5-1-16(2-6-18)13-27-21(29)9-12-28(15-17-3-7-19(24)8-4-17)22(30)20-14-25-10-11-26-20/h1-8,10-11,14H,9,12-13,15H2,(H,27,29). The molecule has 6 nitrogen and oxygen atoms in total. The van der Waals surface area contributed by atoms with Crippen LogP contribution in [-0.2, 0) is 17.9 Å². The first kappa shape index (κ1) is 21.0. The van der Waals surface area contributed by atoms with Gasteiger partial charge < -0.3 is 10.2 Å². The van der Waals surface area contributed by atoms with E-state index < -0.39 is 0 Å². The zero-order valence-electron chi connectivity index (χ0n) is 16.1. The quantitative estimate of drug-likeness (QED) is 0.619. The molecule has 2 aromatic carbocycles. The molecule has 1 heterocycles. The lowest BCUT2D eigenvalue weighted by Gasteiger charge is -2.22. The highest BCUT2D eigenvalue weighted by molar-refractivity contribution is 5.92. The Kier molecular flexibility index (Phi) is 7.15. The van der Waals surface area contributed by atoms with Crippen LogP contribution >= 0.6 is 0 Å². The third kappa shape index (κ3) is 6.16. The van der Waals surface area contributed by atoms with E-state index in [-0.39, 0.29) is 55.2 Å². The molecule has 3 aromatic rings. The molecule has 1 aromatic heterocycles. The molecule has 0 bridgehead atoms. The summed E-state index contributed by atoms with van der Waals surface area (Å²) in [7, 11) is 0. The summed E-state index contributed by atoms with van der Waals surface area (Å²) < 4.78 is 26.1. The van der Waals surface area contributed by atoms with E-state index in [9.17, 15) is 18.4 Å². The minimum Gasteiger partial charge on any atom is -0.352 e. The van der Waals surface area contributed by atoms with Crippen LogP contribution in [0.3, 0.4) is 0 Å². The van der Waals surface area contributed by atoms with Gasteiger partial charge in [-0.3, -0.25) is 14.6 Å². The van der Waals surface area contributed by atoms with Gasteiger partial charge in [-0.1, -0.05) is 24.3 Å². The summed E-state index contributed by atoms with van der Waals surface area (Å²) in [5, 5.41) is 2.75. The molecule has 30 heavy (non-hydrogen) atoms. The van der Waals surface area contributed by atoms with Gasteiger partial charge in [-0.2, -0.15) is 0 Å². The number of hydrogen-bond donors (Lipinski definition) is 1. The molecule has 3 rings (SSSR count). The predicted octanol–water partition coefficient (Wildman–Crippen LogP) is 3.10. The van der Waals surface area contributed by atoms with Crippen LogP contribution in [0.2, 0.25) is 0 Å². The van der Waals surface area contributed by atoms with Gasteiger partial charge in [-0.25, -0.2) is 13.8 Å². The van der Waals surface area contributed by atoms with Crippen molar-refractivity contribution in [3.05, 3.63) is 95.6 Å². The Morgan fingerprint density at radius 3 is 2.13 bits per heavy atom. The number of benzene rings is 2. The summed E-state index contributed by atoms with van der Waals surface area (Å²) in [6.45, 7) is 0.595. The smallest absolute Gasteiger partial charge is 0.274 e. The van der Waals surface area contributed by atoms with Crippen LogP contribution < -0.4 is 5.32 Å². The van der Waals surface area contributed by atoms with Gasteiger partial charge in [-0.05, 0) is 35.4 Å². The minimum absolute atomic E-state index is 0.0639. The summed E-state index contributed by atoms with van der Waals surface area (Å²) in [5.41, 5.74) is 1.65. The van der Waals surface area contributed by atoms with Crippen LogP contribution in [0.1, 0.15) is 28.0 Å². The second-order valence-corrected chi connectivity index (χ2v) is 6.60. The molecule has 0 atom stereocenters. The highest BCUT2D eigenvalue weighted by Gasteiger charge is 2.19. The molecule has 0 saturated carbocycles. The van der Waals surface area contributed by atoms with Crippen molar-refractivity contribution in [2.45, 2.75) is 19.5 Å². The van der Waals surface area contributed by atoms with E-state index in [1.54, 1.807) is 24.3 Å². The molecule has 2 amide bonds. The van der Waals surface area contributed by atoms with Crippen molar-refractivity contribution in [3.63, 3.8) is 0 Å². The van der Waals surface area contributed by atoms with Gasteiger partial charge in [0.05, 0.1) is 6.20 Å². The lowest BCUT2D eigenvalue weighted by molar-refractivity contribution is -0.121. The Balaban J connectivity index is 1.62. The maximum atomic E-state index is 13.2. The SMILES string of the molecule is O=C(CCN(Cc1ccc(F)cc1)C(=O)c1cnccn1)NCc1ccc(F)cc1. The lowest BCUT2D eigenvalue weighted by atomic mass is 10.2. The maximum absolute atomic E-state index is 13.2. The largest absolute Gasteiger partial charge is 0.352 e. The Hall–Kier alpha value is -3.68. The second-order valence-electron chi connectivity index (χ2n) is 6.60. The number of halogens is 2. The van der Waals surface area contributed by atoms with E-state index >= 15 is 0 Å². The number of hydrogen-bond acceptors (Lipinski definition) is 4. The van der Waals surface area contributed by atoms with Gasteiger partial charge in [0, 0.05) is 38.4 Å². The van der Waals surface area contributed by atoms with Gasteiger partial charge in [0.15, 0.2) is 0 Å². The first-order valence-electron chi connectivity index (χ1n) is 9.32. The Bertz CT molecular complexity index is 980. The van der Waals surface area contributed by atoms with Crippen molar-refractivity contribution in [1.29, 1.82) is 0 Å². The van der Waals surface area contributed by atoms with E-state index in [1.807, 2.05) is 0 Å². The van der Waals surface area contributed by atoms with Crippen LogP contribution in [0.5, 0.6) is 0 Å². The fourth-order valence-corrected chi connectivity index (χ4v) is 2.76. The lowest BCUT2D eigenvalue weighted by Crippen LogP contribution is -2.35. The molecule has 154 valence electrons. The van der Waals surface area contributed by atoms with Crippen LogP contribution in [0.4, 0.5) is 8.78 Å². The first-order valence-corrected chi connectivity index (χ1v) is 9.32. The van der Waals surface area contributed by atoms with Crippen molar-refractivity contribution in [2.24, 2.45) is 0 Å². The maximum Gasteiger partial charge on any atom is 0.274 e. The van der Waals surface area contributed by atoms with Gasteiger partial charge in [0.1, 0.15) is 17.3 Å². The van der Waals surface area contributed by atoms with Gasteiger partial charge in [-0.15, -0.1) is 0 Å². The van der Waals surface area contributed by atoms with Crippen LogP contribution in [0, 0.1) is 11.6 Å². The zero-order valence-corrected chi connectivity index (χ0v) is 16.1. The number of amides is 2. The monoisotopic (exact) mass is 410 g/mol. The number of nitrogens with one attached hydrogen (secondary N) is 1. The Labute approximate surface area is 172 Å². The summed E-state index contributed by atoms with van der Waals surface area (Å²) in [4.78, 5) is 34.5. The molecular weight excluding hydrogens is 390 g/mol. The minimum atomic E-state index is -0.376. The fourth-order valence-electron chi connectivity index (χ4n) is 2.76. The first-order chi connectivity index (χ1) is 14.5. The molecule has 0 saturated heterocycles. The highest BCUT2D eigenvalue weighted by atomic mass is 19.1. The van der Waals surface area contributed by atoms with Gasteiger partial charge >= 0.3 is 0 Å². The van der Waals surface area contributed by atoms with Gasteiger partial charge in [0.25, 0.3) is 5.91 Å². The summed E-state index contributed by atoms with van der Waals surface area (Å²) in [6.07, 6.45) is 4.30. The van der Waals surface area contributed by atoms with Crippen LogP contribution in [0.15, 0.2) is 67.1 Å². The predicted molar refractivity (Wildman–Crippen MR) is 106 cm³/mol. The molecular formula is C22H20F2N4O2. The topological polar surface area (TPSA) is 75.2 Å². The molecule has 0 aliphatic rings. The third-order valence-corrected chi connectivity index (χ3v) is 4.37. The molecule has 8 heteroatoms. The Morgan fingerprint density at radius 2 is 1.53 bits per heavy atom. The molecule has 0 unspecified atom stereocenters. The average Bonchev–Trinajstić information content (AvgIpc) is 2.77. The summed E-state index contributed by atoms with van der Waals surface area (Å²) in [6, 6.07) is 11.6. The van der Waals surface area contributed by atoms with Gasteiger partial charge in [0.2, 0.25) is 5.91 Å². The van der Waals surface area contributed by atoms with Crippen molar-refractivity contribution < 1.29 is 18.4 Å². The van der Waals surface area contributed by atoms with E-state index in [4.69, 9.17) is 0 Å². The number of carbonyl (C=O) groups excluding carboxylic acids is 2. The van der Waals surface area contributed by atoms with E-state index in [1.165, 1.54) is 47.8 Å². The molecule has 0 fully saturated rings. The molecule has 0 spiro atoms. The molecule has 0 aliphatic carbocycles. The summed E-state index contributed by atoms with van der Waals surface area (Å²) >= 11 is 0. The number of aromatic nitrogens is 2. The number of carbonyl (C=O) groups is 2. The van der Waals surface area contributed by atoms with E-state index in [0.717, 1.165) is 11.1 Å². The normalized spacial score (nSPS) is 10.5. The van der Waals surface area contributed by atoms with E-state index in [0.29, 0.717) is 0 Å². The molecule has 0 radical (unpaired) electrons. The van der Waals surface area contributed by atoms with Crippen molar-refractivity contribution in [1.82, 2.24) is 20.2 Å². The Morgan fingerprint density at radius 1 is 0.900 bits per heavy atom. The second kappa shape index (κ2) is 10.2. The van der Waals surface area contributed by atoms with Crippen LogP contribution in [-0.4, -0.2) is 33.2 Å². The number of nitrogens with zero attached hydrogens (tertiary/aromatic N) is 3. The highest BCUT2D eigenvalue weighted by Crippen LogP contribution is 2.11. The van der Waals surface area contributed by atoms with Crippen LogP contribution in [0.25, 0.3) is 0 Å². The van der Waals surface area contributed by atoms with Crippen molar-refractivity contribution in [3.8, 4) is 0 Å². The van der Waals surface area contributed by atoms with Crippen molar-refractivity contribution >= 4 is 11.8 Å². The third-order valence-electron chi connectivity index (χ3n) is 4.37. The summed E-state index contributed by atoms with van der Waals surface area (Å²) in [5.74, 6) is -1.34. The number of rotatable bonds is 8. The molecule has 0 aliphatic heterocycles.